The lowest BCUT2D eigenvalue weighted by Crippen LogP contribution is -2.30. The maximum Gasteiger partial charge on any atom is 0.302 e. The van der Waals surface area contributed by atoms with Crippen LogP contribution in [0.4, 0.5) is 0 Å². The van der Waals surface area contributed by atoms with E-state index in [4.69, 9.17) is 4.74 Å². The number of ether oxygens (including phenoxy) is 1. The predicted octanol–water partition coefficient (Wildman–Crippen LogP) is 3.33. The van der Waals surface area contributed by atoms with Gasteiger partial charge in [0.05, 0.1) is 18.0 Å². The molecular formula is C21H19N3O2. The first-order valence-corrected chi connectivity index (χ1v) is 8.64. The third kappa shape index (κ3) is 2.75. The molecule has 0 N–H and O–H groups in total. The van der Waals surface area contributed by atoms with Crippen LogP contribution in [-0.2, 0) is 21.4 Å². The van der Waals surface area contributed by atoms with Gasteiger partial charge in [-0.3, -0.25) is 19.7 Å². The van der Waals surface area contributed by atoms with Crippen molar-refractivity contribution in [3.05, 3.63) is 77.9 Å². The van der Waals surface area contributed by atoms with Gasteiger partial charge < -0.3 is 4.74 Å². The number of hydrogen-bond donors (Lipinski definition) is 0. The van der Waals surface area contributed by atoms with Crippen molar-refractivity contribution in [2.24, 2.45) is 0 Å². The molecule has 0 bridgehead atoms. The summed E-state index contributed by atoms with van der Waals surface area (Å²) in [5.41, 5.74) is 4.95. The maximum atomic E-state index is 11.3. The molecule has 3 aromatic heterocycles. The van der Waals surface area contributed by atoms with Crippen molar-refractivity contribution in [3.63, 3.8) is 0 Å². The predicted molar refractivity (Wildman–Crippen MR) is 97.4 cm³/mol. The number of carbonyl (C=O) groups is 1. The first kappa shape index (κ1) is 16.4. The zero-order valence-electron chi connectivity index (χ0n) is 14.6. The van der Waals surface area contributed by atoms with Gasteiger partial charge in [-0.1, -0.05) is 12.1 Å². The van der Waals surface area contributed by atoms with E-state index in [1.807, 2.05) is 24.3 Å². The van der Waals surface area contributed by atoms with Gasteiger partial charge in [0.15, 0.2) is 0 Å². The van der Waals surface area contributed by atoms with Crippen molar-refractivity contribution in [2.45, 2.75) is 25.2 Å². The van der Waals surface area contributed by atoms with E-state index in [1.54, 1.807) is 24.8 Å². The van der Waals surface area contributed by atoms with Crippen molar-refractivity contribution < 1.29 is 9.53 Å². The molecule has 5 heteroatoms. The lowest BCUT2D eigenvalue weighted by molar-refractivity contribution is -0.141. The van der Waals surface area contributed by atoms with Crippen molar-refractivity contribution >= 4 is 5.97 Å². The van der Waals surface area contributed by atoms with Crippen molar-refractivity contribution in [2.75, 3.05) is 6.61 Å². The summed E-state index contributed by atoms with van der Waals surface area (Å²) >= 11 is 0. The Labute approximate surface area is 152 Å². The second kappa shape index (κ2) is 6.67. The summed E-state index contributed by atoms with van der Waals surface area (Å²) in [6, 6.07) is 12.2. The van der Waals surface area contributed by atoms with Gasteiger partial charge in [0.2, 0.25) is 0 Å². The SMILES string of the molecule is CC(=O)OCCC1(Cc2ccncc2)c2cccnc2-c2ncccc21. The average molecular weight is 345 g/mol. The zero-order valence-corrected chi connectivity index (χ0v) is 14.6. The number of rotatable bonds is 5. The first-order valence-electron chi connectivity index (χ1n) is 8.64. The molecule has 0 radical (unpaired) electrons. The second-order valence-electron chi connectivity index (χ2n) is 6.50. The van der Waals surface area contributed by atoms with Crippen LogP contribution in [0.1, 0.15) is 30.0 Å². The second-order valence-corrected chi connectivity index (χ2v) is 6.50. The molecule has 0 fully saturated rings. The monoisotopic (exact) mass is 345 g/mol. The zero-order chi connectivity index (χ0) is 18.0. The standard InChI is InChI=1S/C21H19N3O2/c1-15(25)26-13-8-21(14-16-6-11-22-12-7-16)17-4-2-9-23-19(17)20-18(21)5-3-10-24-20/h2-7,9-12H,8,13-14H2,1H3. The minimum Gasteiger partial charge on any atom is -0.466 e. The van der Waals surface area contributed by atoms with Gasteiger partial charge >= 0.3 is 5.97 Å². The topological polar surface area (TPSA) is 65.0 Å². The summed E-state index contributed by atoms with van der Waals surface area (Å²) in [6.45, 7) is 1.79. The van der Waals surface area contributed by atoms with E-state index < -0.39 is 0 Å². The van der Waals surface area contributed by atoms with E-state index in [0.29, 0.717) is 13.0 Å². The molecule has 26 heavy (non-hydrogen) atoms. The Kier molecular flexibility index (Phi) is 4.21. The van der Waals surface area contributed by atoms with Crippen LogP contribution in [0, 0.1) is 0 Å². The van der Waals surface area contributed by atoms with Crippen LogP contribution in [-0.4, -0.2) is 27.5 Å². The lowest BCUT2D eigenvalue weighted by Gasteiger charge is -2.31. The summed E-state index contributed by atoms with van der Waals surface area (Å²) in [5, 5.41) is 0. The molecule has 0 aromatic carbocycles. The van der Waals surface area contributed by atoms with Crippen LogP contribution in [0.25, 0.3) is 11.4 Å². The van der Waals surface area contributed by atoms with Crippen LogP contribution in [0.5, 0.6) is 0 Å². The van der Waals surface area contributed by atoms with Crippen LogP contribution in [0.2, 0.25) is 0 Å². The third-order valence-corrected chi connectivity index (χ3v) is 4.96. The van der Waals surface area contributed by atoms with Gasteiger partial charge in [-0.25, -0.2) is 0 Å². The molecule has 0 saturated carbocycles. The van der Waals surface area contributed by atoms with Gasteiger partial charge in [0.25, 0.3) is 0 Å². The lowest BCUT2D eigenvalue weighted by atomic mass is 9.72. The summed E-state index contributed by atoms with van der Waals surface area (Å²) in [5.74, 6) is -0.264. The highest BCUT2D eigenvalue weighted by Crippen LogP contribution is 2.50. The van der Waals surface area contributed by atoms with Gasteiger partial charge in [-0.05, 0) is 53.8 Å². The minimum absolute atomic E-state index is 0.264. The fourth-order valence-corrected chi connectivity index (χ4v) is 3.87. The number of aromatic nitrogens is 3. The normalized spacial score (nSPS) is 13.7. The number of nitrogens with zero attached hydrogens (tertiary/aromatic N) is 3. The first-order chi connectivity index (χ1) is 12.7. The van der Waals surface area contributed by atoms with E-state index in [1.165, 1.54) is 12.5 Å². The van der Waals surface area contributed by atoms with Gasteiger partial charge in [-0.15, -0.1) is 0 Å². The quantitative estimate of drug-likeness (QED) is 0.664. The van der Waals surface area contributed by atoms with E-state index >= 15 is 0 Å². The fraction of sp³-hybridized carbons (Fsp3) is 0.238. The van der Waals surface area contributed by atoms with Crippen LogP contribution >= 0.6 is 0 Å². The highest BCUT2D eigenvalue weighted by molar-refractivity contribution is 5.75. The van der Waals surface area contributed by atoms with Crippen LogP contribution in [0.15, 0.2) is 61.2 Å². The summed E-state index contributed by atoms with van der Waals surface area (Å²) in [6.07, 6.45) is 8.65. The molecule has 1 aliphatic carbocycles. The van der Waals surface area contributed by atoms with Gasteiger partial charge in [0.1, 0.15) is 0 Å². The molecule has 0 saturated heterocycles. The van der Waals surface area contributed by atoms with Crippen molar-refractivity contribution in [1.29, 1.82) is 0 Å². The van der Waals surface area contributed by atoms with E-state index in [0.717, 1.165) is 28.9 Å². The largest absolute Gasteiger partial charge is 0.466 e. The molecule has 0 aliphatic heterocycles. The molecule has 4 rings (SSSR count). The Hall–Kier alpha value is -3.08. The molecule has 3 heterocycles. The fourth-order valence-electron chi connectivity index (χ4n) is 3.87. The minimum atomic E-state index is -0.329. The highest BCUT2D eigenvalue weighted by Gasteiger charge is 2.44. The summed E-state index contributed by atoms with van der Waals surface area (Å²) in [4.78, 5) is 24.6. The number of pyridine rings is 3. The van der Waals surface area contributed by atoms with Crippen molar-refractivity contribution in [1.82, 2.24) is 15.0 Å². The molecule has 1 aliphatic rings. The van der Waals surface area contributed by atoms with Crippen molar-refractivity contribution in [3.8, 4) is 11.4 Å². The molecule has 3 aromatic rings. The number of carbonyl (C=O) groups excluding carboxylic acids is 1. The Morgan fingerprint density at radius 1 is 0.962 bits per heavy atom. The number of hydrogen-bond acceptors (Lipinski definition) is 5. The number of fused-ring (bicyclic) bond motifs is 3. The van der Waals surface area contributed by atoms with E-state index in [-0.39, 0.29) is 11.4 Å². The van der Waals surface area contributed by atoms with Crippen LogP contribution < -0.4 is 0 Å². The molecule has 0 spiro atoms. The molecule has 0 atom stereocenters. The third-order valence-electron chi connectivity index (χ3n) is 4.96. The Balaban J connectivity index is 1.85. The van der Waals surface area contributed by atoms with E-state index in [9.17, 15) is 4.79 Å². The smallest absolute Gasteiger partial charge is 0.302 e. The van der Waals surface area contributed by atoms with E-state index in [2.05, 4.69) is 27.1 Å². The highest BCUT2D eigenvalue weighted by atomic mass is 16.5. The molecular weight excluding hydrogens is 326 g/mol. The molecule has 0 unspecified atom stereocenters. The maximum absolute atomic E-state index is 11.3. The average Bonchev–Trinajstić information content (AvgIpc) is 2.93. The van der Waals surface area contributed by atoms with Crippen LogP contribution in [0.3, 0.4) is 0 Å². The number of esters is 1. The Morgan fingerprint density at radius 3 is 2.15 bits per heavy atom. The molecule has 5 nitrogen and oxygen atoms in total. The Morgan fingerprint density at radius 2 is 1.58 bits per heavy atom. The van der Waals surface area contributed by atoms with Gasteiger partial charge in [-0.2, -0.15) is 0 Å². The summed E-state index contributed by atoms with van der Waals surface area (Å²) in [7, 11) is 0. The van der Waals surface area contributed by atoms with Gasteiger partial charge in [0, 0.05) is 37.1 Å². The molecule has 130 valence electrons. The summed E-state index contributed by atoms with van der Waals surface area (Å²) < 4.78 is 5.30. The molecule has 0 amide bonds. The Bertz CT molecular complexity index is 895.